The average Bonchev–Trinajstić information content (AvgIpc) is 2.88. The first-order valence-corrected chi connectivity index (χ1v) is 17.0. The summed E-state index contributed by atoms with van der Waals surface area (Å²) in [6, 6.07) is 0. The van der Waals surface area contributed by atoms with Crippen molar-refractivity contribution in [3.63, 3.8) is 0 Å². The van der Waals surface area contributed by atoms with Crippen molar-refractivity contribution in [1.82, 2.24) is 0 Å². The van der Waals surface area contributed by atoms with E-state index in [0.717, 1.165) is 12.8 Å². The lowest BCUT2D eigenvalue weighted by Gasteiger charge is -2.05. The molecule has 0 N–H and O–H groups in total. The topological polar surface area (TPSA) is 26.3 Å². The maximum Gasteiger partial charge on any atom is 0.305 e. The van der Waals surface area contributed by atoms with Gasteiger partial charge in [-0.15, -0.1) is 0 Å². The van der Waals surface area contributed by atoms with E-state index in [4.69, 9.17) is 4.74 Å². The molecule has 0 aromatic heterocycles. The molecule has 0 amide bonds. The summed E-state index contributed by atoms with van der Waals surface area (Å²) in [5.41, 5.74) is 0. The molecular weight excluding hydrogens is 440 g/mol. The molecule has 0 bridgehead atoms. The predicted molar refractivity (Wildman–Crippen MR) is 161 cm³/mol. The quantitative estimate of drug-likeness (QED) is 0.0687. The van der Waals surface area contributed by atoms with E-state index in [1.807, 2.05) is 0 Å². The Morgan fingerprint density at radius 2 is 0.611 bits per heavy atom. The number of rotatable bonds is 31. The molecule has 0 rings (SSSR count). The van der Waals surface area contributed by atoms with E-state index in [2.05, 4.69) is 13.8 Å². The zero-order valence-electron chi connectivity index (χ0n) is 25.2. The highest BCUT2D eigenvalue weighted by Crippen LogP contribution is 2.16. The zero-order valence-corrected chi connectivity index (χ0v) is 25.2. The largest absolute Gasteiger partial charge is 0.466 e. The van der Waals surface area contributed by atoms with Crippen molar-refractivity contribution in [2.75, 3.05) is 6.61 Å². The molecule has 0 atom stereocenters. The molecule has 0 aromatic rings. The van der Waals surface area contributed by atoms with E-state index < -0.39 is 0 Å². The predicted octanol–water partition coefficient (Wildman–Crippen LogP) is 12.3. The molecule has 0 fully saturated rings. The van der Waals surface area contributed by atoms with Crippen LogP contribution in [0.25, 0.3) is 0 Å². The summed E-state index contributed by atoms with van der Waals surface area (Å²) in [5.74, 6) is 0.0179. The van der Waals surface area contributed by atoms with Gasteiger partial charge in [-0.2, -0.15) is 0 Å². The van der Waals surface area contributed by atoms with Gasteiger partial charge in [-0.25, -0.2) is 0 Å². The minimum Gasteiger partial charge on any atom is -0.466 e. The number of ether oxygens (including phenoxy) is 1. The van der Waals surface area contributed by atoms with Crippen molar-refractivity contribution in [3.05, 3.63) is 0 Å². The average molecular weight is 509 g/mol. The third-order valence-corrected chi connectivity index (χ3v) is 7.75. The second-order valence-corrected chi connectivity index (χ2v) is 11.5. The SMILES string of the molecule is CCCCCCCCCCCCCCCCCCCCCCCCCCC(=O)OCCCCCCC. The third-order valence-electron chi connectivity index (χ3n) is 7.75. The lowest BCUT2D eigenvalue weighted by atomic mass is 10.0. The van der Waals surface area contributed by atoms with E-state index in [1.165, 1.54) is 173 Å². The van der Waals surface area contributed by atoms with E-state index in [1.54, 1.807) is 0 Å². The normalized spacial score (nSPS) is 11.3. The van der Waals surface area contributed by atoms with Gasteiger partial charge in [-0.1, -0.05) is 187 Å². The molecule has 0 saturated carbocycles. The first-order chi connectivity index (χ1) is 17.8. The van der Waals surface area contributed by atoms with E-state index >= 15 is 0 Å². The maximum absolute atomic E-state index is 11.7. The molecule has 0 spiro atoms. The molecule has 0 aromatic carbocycles. The van der Waals surface area contributed by atoms with Crippen LogP contribution < -0.4 is 0 Å². The molecule has 0 aliphatic heterocycles. The van der Waals surface area contributed by atoms with Gasteiger partial charge in [-0.05, 0) is 12.8 Å². The first kappa shape index (κ1) is 35.5. The van der Waals surface area contributed by atoms with E-state index in [-0.39, 0.29) is 5.97 Å². The van der Waals surface area contributed by atoms with Gasteiger partial charge in [0.2, 0.25) is 0 Å². The van der Waals surface area contributed by atoms with Crippen LogP contribution in [0.5, 0.6) is 0 Å². The van der Waals surface area contributed by atoms with Crippen LogP contribution in [0.1, 0.15) is 206 Å². The standard InChI is InChI=1S/C34H68O2/c1-3-5-7-9-10-11-12-13-14-15-16-17-18-19-20-21-22-23-24-25-26-27-28-30-32-34(35)36-33-31-29-8-6-4-2/h3-33H2,1-2H3. The van der Waals surface area contributed by atoms with Crippen LogP contribution in [-0.2, 0) is 9.53 Å². The highest BCUT2D eigenvalue weighted by Gasteiger charge is 2.02. The molecule has 2 heteroatoms. The van der Waals surface area contributed by atoms with Crippen molar-refractivity contribution >= 4 is 5.97 Å². The lowest BCUT2D eigenvalue weighted by molar-refractivity contribution is -0.143. The molecule has 0 radical (unpaired) electrons. The van der Waals surface area contributed by atoms with Crippen LogP contribution in [0.4, 0.5) is 0 Å². The van der Waals surface area contributed by atoms with Crippen molar-refractivity contribution in [2.45, 2.75) is 206 Å². The van der Waals surface area contributed by atoms with Gasteiger partial charge in [0.15, 0.2) is 0 Å². The monoisotopic (exact) mass is 509 g/mol. The number of unbranched alkanes of at least 4 members (excludes halogenated alkanes) is 27. The van der Waals surface area contributed by atoms with Crippen molar-refractivity contribution in [2.24, 2.45) is 0 Å². The summed E-state index contributed by atoms with van der Waals surface area (Å²) >= 11 is 0. The van der Waals surface area contributed by atoms with Crippen LogP contribution >= 0.6 is 0 Å². The Kier molecular flexibility index (Phi) is 32.0. The number of carbonyl (C=O) groups excluding carboxylic acids is 1. The minimum absolute atomic E-state index is 0.0179. The van der Waals surface area contributed by atoms with Crippen LogP contribution in [0.2, 0.25) is 0 Å². The smallest absolute Gasteiger partial charge is 0.305 e. The Morgan fingerprint density at radius 1 is 0.361 bits per heavy atom. The third kappa shape index (κ3) is 31.5. The fraction of sp³-hybridized carbons (Fsp3) is 0.971. The molecular formula is C34H68O2. The van der Waals surface area contributed by atoms with Gasteiger partial charge in [-0.3, -0.25) is 4.79 Å². The van der Waals surface area contributed by atoms with Gasteiger partial charge in [0.05, 0.1) is 6.61 Å². The first-order valence-electron chi connectivity index (χ1n) is 17.0. The van der Waals surface area contributed by atoms with Gasteiger partial charge >= 0.3 is 5.97 Å². The summed E-state index contributed by atoms with van der Waals surface area (Å²) in [6.07, 6.45) is 40.4. The molecule has 0 unspecified atom stereocenters. The Balaban J connectivity index is 3.09. The maximum atomic E-state index is 11.7. The van der Waals surface area contributed by atoms with Crippen LogP contribution in [0.3, 0.4) is 0 Å². The number of hydrogen-bond acceptors (Lipinski definition) is 2. The van der Waals surface area contributed by atoms with Crippen LogP contribution in [-0.4, -0.2) is 12.6 Å². The molecule has 0 saturated heterocycles. The molecule has 216 valence electrons. The number of carbonyl (C=O) groups is 1. The number of esters is 1. The molecule has 2 nitrogen and oxygen atoms in total. The van der Waals surface area contributed by atoms with Crippen molar-refractivity contribution in [3.8, 4) is 0 Å². The summed E-state index contributed by atoms with van der Waals surface area (Å²) in [5, 5.41) is 0. The molecule has 0 aliphatic carbocycles. The highest BCUT2D eigenvalue weighted by atomic mass is 16.5. The Bertz CT molecular complexity index is 406. The van der Waals surface area contributed by atoms with Crippen molar-refractivity contribution < 1.29 is 9.53 Å². The molecule has 36 heavy (non-hydrogen) atoms. The summed E-state index contributed by atoms with van der Waals surface area (Å²) < 4.78 is 5.34. The van der Waals surface area contributed by atoms with E-state index in [0.29, 0.717) is 13.0 Å². The second kappa shape index (κ2) is 32.5. The van der Waals surface area contributed by atoms with Gasteiger partial charge in [0.25, 0.3) is 0 Å². The number of hydrogen-bond donors (Lipinski definition) is 0. The Labute approximate surface area is 228 Å². The Morgan fingerprint density at radius 3 is 0.917 bits per heavy atom. The van der Waals surface area contributed by atoms with Crippen LogP contribution in [0.15, 0.2) is 0 Å². The fourth-order valence-electron chi connectivity index (χ4n) is 5.20. The van der Waals surface area contributed by atoms with Gasteiger partial charge in [0, 0.05) is 6.42 Å². The summed E-state index contributed by atoms with van der Waals surface area (Å²) in [7, 11) is 0. The molecule has 0 heterocycles. The van der Waals surface area contributed by atoms with Gasteiger partial charge < -0.3 is 4.74 Å². The van der Waals surface area contributed by atoms with Crippen LogP contribution in [0, 0.1) is 0 Å². The molecule has 0 aliphatic rings. The Hall–Kier alpha value is -0.530. The summed E-state index contributed by atoms with van der Waals surface area (Å²) in [4.78, 5) is 11.7. The highest BCUT2D eigenvalue weighted by molar-refractivity contribution is 5.69. The second-order valence-electron chi connectivity index (χ2n) is 11.5. The fourth-order valence-corrected chi connectivity index (χ4v) is 5.20. The minimum atomic E-state index is 0.0179. The van der Waals surface area contributed by atoms with E-state index in [9.17, 15) is 4.79 Å². The van der Waals surface area contributed by atoms with Gasteiger partial charge in [0.1, 0.15) is 0 Å². The lowest BCUT2D eigenvalue weighted by Crippen LogP contribution is -2.05. The zero-order chi connectivity index (χ0) is 26.2. The van der Waals surface area contributed by atoms with Crippen molar-refractivity contribution in [1.29, 1.82) is 0 Å². The summed E-state index contributed by atoms with van der Waals surface area (Å²) in [6.45, 7) is 5.15.